The average molecular weight is 252 g/mol. The zero-order valence-corrected chi connectivity index (χ0v) is 11.0. The largest absolute Gasteiger partial charge is 0.396 e. The van der Waals surface area contributed by atoms with Gasteiger partial charge in [-0.25, -0.2) is 4.39 Å². The fourth-order valence-electron chi connectivity index (χ4n) is 2.53. The third-order valence-corrected chi connectivity index (χ3v) is 3.77. The van der Waals surface area contributed by atoms with Gasteiger partial charge in [0, 0.05) is 37.5 Å². The van der Waals surface area contributed by atoms with Crippen LogP contribution in [-0.2, 0) is 0 Å². The molecule has 1 aliphatic heterocycles. The summed E-state index contributed by atoms with van der Waals surface area (Å²) in [7, 11) is 2.11. The minimum atomic E-state index is -0.209. The molecule has 3 nitrogen and oxygen atoms in total. The van der Waals surface area contributed by atoms with E-state index < -0.39 is 0 Å². The molecule has 0 aliphatic carbocycles. The number of anilines is 1. The van der Waals surface area contributed by atoms with Gasteiger partial charge in [0.25, 0.3) is 0 Å². The number of halogens is 1. The molecule has 1 heterocycles. The van der Waals surface area contributed by atoms with Gasteiger partial charge < -0.3 is 10.0 Å². The molecule has 1 aliphatic rings. The second-order valence-electron chi connectivity index (χ2n) is 5.08. The van der Waals surface area contributed by atoms with Crippen molar-refractivity contribution >= 4 is 5.69 Å². The van der Waals surface area contributed by atoms with Gasteiger partial charge in [-0.1, -0.05) is 0 Å². The minimum Gasteiger partial charge on any atom is -0.396 e. The molecule has 18 heavy (non-hydrogen) atoms. The lowest BCUT2D eigenvalue weighted by molar-refractivity contribution is 0.177. The zero-order chi connectivity index (χ0) is 13.1. The maximum Gasteiger partial charge on any atom is 0.123 e. The van der Waals surface area contributed by atoms with E-state index in [4.69, 9.17) is 0 Å². The molecule has 0 aromatic heterocycles. The third kappa shape index (κ3) is 2.82. The summed E-state index contributed by atoms with van der Waals surface area (Å²) < 4.78 is 13.0. The first kappa shape index (κ1) is 13.3. The smallest absolute Gasteiger partial charge is 0.123 e. The van der Waals surface area contributed by atoms with E-state index in [0.717, 1.165) is 25.2 Å². The first-order valence-corrected chi connectivity index (χ1v) is 6.45. The van der Waals surface area contributed by atoms with E-state index in [9.17, 15) is 9.50 Å². The van der Waals surface area contributed by atoms with Crippen LogP contribution in [0.25, 0.3) is 0 Å². The molecule has 1 saturated heterocycles. The summed E-state index contributed by atoms with van der Waals surface area (Å²) in [5.74, 6) is -0.209. The highest BCUT2D eigenvalue weighted by atomic mass is 19.1. The van der Waals surface area contributed by atoms with E-state index in [2.05, 4.69) is 23.8 Å². The minimum absolute atomic E-state index is 0.185. The van der Waals surface area contributed by atoms with E-state index in [1.165, 1.54) is 12.1 Å². The van der Waals surface area contributed by atoms with Gasteiger partial charge in [-0.15, -0.1) is 0 Å². The standard InChI is InChI=1S/C14H21FN2O/c1-11-9-17(13-5-3-12(15)4-6-13)14(7-8-18)10-16(11)2/h3-6,11,14,18H,7-10H2,1-2H3. The van der Waals surface area contributed by atoms with Crippen molar-refractivity contribution in [1.29, 1.82) is 0 Å². The Hall–Kier alpha value is -1.13. The summed E-state index contributed by atoms with van der Waals surface area (Å²) in [5, 5.41) is 9.17. The molecule has 0 amide bonds. The highest BCUT2D eigenvalue weighted by Gasteiger charge is 2.29. The fourth-order valence-corrected chi connectivity index (χ4v) is 2.53. The predicted molar refractivity (Wildman–Crippen MR) is 71.3 cm³/mol. The molecule has 0 radical (unpaired) electrons. The number of piperazine rings is 1. The fraction of sp³-hybridized carbons (Fsp3) is 0.571. The van der Waals surface area contributed by atoms with Crippen molar-refractivity contribution in [1.82, 2.24) is 4.90 Å². The molecular weight excluding hydrogens is 231 g/mol. The average Bonchev–Trinajstić information content (AvgIpc) is 2.35. The number of hydrogen-bond acceptors (Lipinski definition) is 3. The molecule has 2 atom stereocenters. The van der Waals surface area contributed by atoms with Crippen LogP contribution in [0, 0.1) is 5.82 Å². The van der Waals surface area contributed by atoms with Crippen LogP contribution < -0.4 is 4.90 Å². The van der Waals surface area contributed by atoms with Gasteiger partial charge in [0.1, 0.15) is 5.82 Å². The van der Waals surface area contributed by atoms with E-state index in [1.807, 2.05) is 12.1 Å². The van der Waals surface area contributed by atoms with Gasteiger partial charge in [0.15, 0.2) is 0 Å². The Labute approximate surface area is 108 Å². The Morgan fingerprint density at radius 3 is 2.56 bits per heavy atom. The number of rotatable bonds is 3. The lowest BCUT2D eigenvalue weighted by atomic mass is 10.0. The summed E-state index contributed by atoms with van der Waals surface area (Å²) in [5.41, 5.74) is 1.04. The topological polar surface area (TPSA) is 26.7 Å². The maximum absolute atomic E-state index is 13.0. The first-order chi connectivity index (χ1) is 8.61. The summed E-state index contributed by atoms with van der Waals surface area (Å²) in [6.07, 6.45) is 0.744. The lowest BCUT2D eigenvalue weighted by Crippen LogP contribution is -2.56. The molecule has 0 saturated carbocycles. The van der Waals surface area contributed by atoms with Crippen molar-refractivity contribution < 1.29 is 9.50 Å². The highest BCUT2D eigenvalue weighted by molar-refractivity contribution is 5.48. The molecule has 2 unspecified atom stereocenters. The molecule has 1 N–H and O–H groups in total. The zero-order valence-electron chi connectivity index (χ0n) is 11.0. The van der Waals surface area contributed by atoms with Crippen molar-refractivity contribution in [2.45, 2.75) is 25.4 Å². The Morgan fingerprint density at radius 2 is 1.94 bits per heavy atom. The maximum atomic E-state index is 13.0. The van der Waals surface area contributed by atoms with Crippen molar-refractivity contribution in [3.63, 3.8) is 0 Å². The molecule has 1 fully saturated rings. The molecule has 1 aromatic carbocycles. The highest BCUT2D eigenvalue weighted by Crippen LogP contribution is 2.24. The van der Waals surface area contributed by atoms with Crippen LogP contribution in [0.4, 0.5) is 10.1 Å². The summed E-state index contributed by atoms with van der Waals surface area (Å²) in [4.78, 5) is 4.58. The van der Waals surface area contributed by atoms with Gasteiger partial charge in [0.05, 0.1) is 0 Å². The van der Waals surface area contributed by atoms with Crippen LogP contribution in [0.15, 0.2) is 24.3 Å². The first-order valence-electron chi connectivity index (χ1n) is 6.45. The molecule has 100 valence electrons. The monoisotopic (exact) mass is 252 g/mol. The van der Waals surface area contributed by atoms with E-state index in [0.29, 0.717) is 12.1 Å². The second-order valence-corrected chi connectivity index (χ2v) is 5.08. The number of aliphatic hydroxyl groups excluding tert-OH is 1. The van der Waals surface area contributed by atoms with Crippen LogP contribution in [-0.4, -0.2) is 48.8 Å². The van der Waals surface area contributed by atoms with Gasteiger partial charge >= 0.3 is 0 Å². The van der Waals surface area contributed by atoms with Gasteiger partial charge in [-0.2, -0.15) is 0 Å². The number of likely N-dealkylation sites (N-methyl/N-ethyl adjacent to an activating group) is 1. The molecular formula is C14H21FN2O. The Balaban J connectivity index is 2.19. The quantitative estimate of drug-likeness (QED) is 0.887. The van der Waals surface area contributed by atoms with Crippen LogP contribution >= 0.6 is 0 Å². The Bertz CT molecular complexity index is 382. The normalized spacial score (nSPS) is 25.4. The Morgan fingerprint density at radius 1 is 1.28 bits per heavy atom. The van der Waals surface area contributed by atoms with Crippen molar-refractivity contribution in [3.05, 3.63) is 30.1 Å². The Kier molecular flexibility index (Phi) is 4.19. The predicted octanol–water partition coefficient (Wildman–Crippen LogP) is 1.72. The second kappa shape index (κ2) is 5.67. The summed E-state index contributed by atoms with van der Waals surface area (Å²) >= 11 is 0. The third-order valence-electron chi connectivity index (χ3n) is 3.77. The van der Waals surface area contributed by atoms with Crippen molar-refractivity contribution in [2.24, 2.45) is 0 Å². The molecule has 2 rings (SSSR count). The van der Waals surface area contributed by atoms with Crippen LogP contribution in [0.3, 0.4) is 0 Å². The number of benzene rings is 1. The van der Waals surface area contributed by atoms with Crippen molar-refractivity contribution in [3.8, 4) is 0 Å². The molecule has 0 spiro atoms. The number of aliphatic hydroxyl groups is 1. The van der Waals surface area contributed by atoms with Gasteiger partial charge in [0.2, 0.25) is 0 Å². The van der Waals surface area contributed by atoms with Gasteiger partial charge in [-0.3, -0.25) is 4.90 Å². The lowest BCUT2D eigenvalue weighted by Gasteiger charge is -2.45. The SMILES string of the molecule is CC1CN(c2ccc(F)cc2)C(CCO)CN1C. The van der Waals surface area contributed by atoms with Crippen molar-refractivity contribution in [2.75, 3.05) is 31.6 Å². The van der Waals surface area contributed by atoms with Crippen LogP contribution in [0.5, 0.6) is 0 Å². The summed E-state index contributed by atoms with van der Waals surface area (Å²) in [6.45, 7) is 4.21. The summed E-state index contributed by atoms with van der Waals surface area (Å²) in [6, 6.07) is 7.38. The van der Waals surface area contributed by atoms with Crippen LogP contribution in [0.1, 0.15) is 13.3 Å². The van der Waals surface area contributed by atoms with E-state index >= 15 is 0 Å². The molecule has 0 bridgehead atoms. The van der Waals surface area contributed by atoms with Gasteiger partial charge in [-0.05, 0) is 44.7 Å². The molecule has 4 heteroatoms. The van der Waals surface area contributed by atoms with Crippen LogP contribution in [0.2, 0.25) is 0 Å². The van der Waals surface area contributed by atoms with E-state index in [-0.39, 0.29) is 12.4 Å². The number of nitrogens with zero attached hydrogens (tertiary/aromatic N) is 2. The van der Waals surface area contributed by atoms with E-state index in [1.54, 1.807) is 0 Å². The number of hydrogen-bond donors (Lipinski definition) is 1. The molecule has 1 aromatic rings.